The van der Waals surface area contributed by atoms with Crippen molar-refractivity contribution in [3.05, 3.63) is 85.5 Å². The zero-order chi connectivity index (χ0) is 29.3. The van der Waals surface area contributed by atoms with E-state index < -0.39 is 0 Å². The van der Waals surface area contributed by atoms with Crippen molar-refractivity contribution in [1.82, 2.24) is 15.3 Å². The first-order valence-corrected chi connectivity index (χ1v) is 14.2. The third-order valence-electron chi connectivity index (χ3n) is 8.11. The van der Waals surface area contributed by atoms with Gasteiger partial charge < -0.3 is 20.0 Å². The van der Waals surface area contributed by atoms with Gasteiger partial charge in [0.2, 0.25) is 0 Å². The molecule has 8 nitrogen and oxygen atoms in total. The van der Waals surface area contributed by atoms with E-state index >= 15 is 0 Å². The molecule has 0 saturated carbocycles. The van der Waals surface area contributed by atoms with Gasteiger partial charge in [-0.3, -0.25) is 14.4 Å². The molecule has 5 heterocycles. The summed E-state index contributed by atoms with van der Waals surface area (Å²) in [6, 6.07) is 2.12. The maximum atomic E-state index is 13.0. The summed E-state index contributed by atoms with van der Waals surface area (Å²) >= 11 is 0. The molecule has 8 bridgehead atoms. The number of nitrogens with zero attached hydrogens (tertiary/aromatic N) is 1. The Morgan fingerprint density at radius 3 is 2.59 bits per heavy atom. The van der Waals surface area contributed by atoms with Crippen LogP contribution in [0.2, 0.25) is 0 Å². The fourth-order valence-corrected chi connectivity index (χ4v) is 5.85. The van der Waals surface area contributed by atoms with Crippen LogP contribution in [0.4, 0.5) is 0 Å². The second-order valence-electron chi connectivity index (χ2n) is 10.7. The quantitative estimate of drug-likeness (QED) is 0.473. The molecule has 0 spiro atoms. The predicted octanol–water partition coefficient (Wildman–Crippen LogP) is 3.75. The van der Waals surface area contributed by atoms with Crippen LogP contribution in [0.25, 0.3) is 18.2 Å². The molecule has 41 heavy (non-hydrogen) atoms. The molecule has 0 saturated heterocycles. The predicted molar refractivity (Wildman–Crippen MR) is 160 cm³/mol. The number of methoxy groups -OCH3 is 1. The molecule has 0 aromatic carbocycles. The van der Waals surface area contributed by atoms with Crippen LogP contribution in [-0.4, -0.2) is 40.6 Å². The minimum absolute atomic E-state index is 0.150. The van der Waals surface area contributed by atoms with Gasteiger partial charge in [0.1, 0.15) is 0 Å². The van der Waals surface area contributed by atoms with Crippen molar-refractivity contribution in [3.8, 4) is 0 Å². The van der Waals surface area contributed by atoms with Crippen LogP contribution < -0.4 is 16.0 Å². The van der Waals surface area contributed by atoms with E-state index in [1.54, 1.807) is 6.08 Å². The van der Waals surface area contributed by atoms with Crippen LogP contribution in [-0.2, 0) is 32.0 Å². The highest BCUT2D eigenvalue weighted by Crippen LogP contribution is 2.31. The molecule has 0 radical (unpaired) electrons. The second-order valence-corrected chi connectivity index (χ2v) is 10.7. The Labute approximate surface area is 239 Å². The summed E-state index contributed by atoms with van der Waals surface area (Å²) in [5.41, 5.74) is 9.22. The van der Waals surface area contributed by atoms with Crippen LogP contribution >= 0.6 is 0 Å². The van der Waals surface area contributed by atoms with Gasteiger partial charge in [-0.05, 0) is 92.5 Å². The number of allylic oxidation sites excluding steroid dienone is 2. The number of hydrogen-bond acceptors (Lipinski definition) is 4. The Hall–Kier alpha value is -4.46. The average Bonchev–Trinajstić information content (AvgIpc) is 3.63. The van der Waals surface area contributed by atoms with Crippen molar-refractivity contribution < 1.29 is 19.1 Å². The van der Waals surface area contributed by atoms with E-state index in [2.05, 4.69) is 45.9 Å². The highest BCUT2D eigenvalue weighted by atomic mass is 16.5. The molecule has 5 rings (SSSR count). The van der Waals surface area contributed by atoms with E-state index in [0.29, 0.717) is 48.2 Å². The number of carbonyl (C=O) groups excluding carboxylic acids is 3. The van der Waals surface area contributed by atoms with Crippen molar-refractivity contribution in [1.29, 1.82) is 0 Å². The lowest BCUT2D eigenvalue weighted by molar-refractivity contribution is -0.140. The third-order valence-corrected chi connectivity index (χ3v) is 8.11. The number of fused-ring (bicyclic) bond motifs is 6. The fraction of sp³-hybridized carbons (Fsp3) is 0.333. The summed E-state index contributed by atoms with van der Waals surface area (Å²) < 4.78 is 4.91. The number of aryl methyl sites for hydroxylation is 1. The van der Waals surface area contributed by atoms with Crippen molar-refractivity contribution in [3.63, 3.8) is 0 Å². The molecule has 0 fully saturated rings. The van der Waals surface area contributed by atoms with E-state index in [4.69, 9.17) is 4.74 Å². The van der Waals surface area contributed by atoms with Gasteiger partial charge in [0.05, 0.1) is 18.5 Å². The third kappa shape index (κ3) is 5.46. The Balaban J connectivity index is 1.74. The highest BCUT2D eigenvalue weighted by molar-refractivity contribution is 6.30. The molecule has 0 unspecified atom stereocenters. The van der Waals surface area contributed by atoms with Crippen molar-refractivity contribution in [2.24, 2.45) is 4.99 Å². The SMILES string of the molecule is C=CC1=C2CCCC3=C(C)C(=NC3=O)C=c3cc(CCC)/c([nH]3)=C/c3[nH]c(c(C)c3CCC(=O)OC)C=C1NC2=O. The second kappa shape index (κ2) is 11.6. The van der Waals surface area contributed by atoms with E-state index in [0.717, 1.165) is 62.8 Å². The standard InChI is InChI=1S/C33H36N4O4/c1-6-9-20-14-21-15-26-19(4)24(32(39)36-26)10-8-11-25-22(7-2)29(37-33(25)40)16-27-18(3)23(12-13-31(38)41-5)30(35-27)17-28(20)34-21/h7,14-17,34-35H,2,6,8-13H2,1,3-5H3,(H,37,40)/b21-15?,28-17-,29-16?. The summed E-state index contributed by atoms with van der Waals surface area (Å²) in [5.74, 6) is -0.635. The largest absolute Gasteiger partial charge is 0.469 e. The number of aromatic nitrogens is 2. The highest BCUT2D eigenvalue weighted by Gasteiger charge is 2.27. The number of nitrogens with one attached hydrogen (secondary N) is 3. The van der Waals surface area contributed by atoms with E-state index in [1.165, 1.54) is 7.11 Å². The van der Waals surface area contributed by atoms with Gasteiger partial charge in [0.25, 0.3) is 11.8 Å². The van der Waals surface area contributed by atoms with Crippen molar-refractivity contribution >= 4 is 41.7 Å². The molecule has 2 aromatic heterocycles. The minimum atomic E-state index is -0.273. The van der Waals surface area contributed by atoms with Gasteiger partial charge in [-0.1, -0.05) is 26.0 Å². The van der Waals surface area contributed by atoms with Gasteiger partial charge in [-0.25, -0.2) is 4.99 Å². The molecule has 0 atom stereocenters. The monoisotopic (exact) mass is 552 g/mol. The van der Waals surface area contributed by atoms with Gasteiger partial charge in [0, 0.05) is 45.2 Å². The number of H-pyrrole nitrogens is 2. The number of esters is 1. The summed E-state index contributed by atoms with van der Waals surface area (Å²) in [7, 11) is 1.39. The summed E-state index contributed by atoms with van der Waals surface area (Å²) in [5, 5.41) is 4.84. The lowest BCUT2D eigenvalue weighted by Gasteiger charge is -2.04. The maximum Gasteiger partial charge on any atom is 0.305 e. The fourth-order valence-electron chi connectivity index (χ4n) is 5.85. The Bertz CT molecular complexity index is 1720. The smallest absolute Gasteiger partial charge is 0.305 e. The first-order valence-electron chi connectivity index (χ1n) is 14.2. The lowest BCUT2D eigenvalue weighted by atomic mass is 9.97. The molecule has 2 aromatic rings. The molecule has 2 amide bonds. The zero-order valence-corrected chi connectivity index (χ0v) is 24.1. The van der Waals surface area contributed by atoms with Crippen molar-refractivity contribution in [2.75, 3.05) is 7.11 Å². The topological polar surface area (TPSA) is 116 Å². The summed E-state index contributed by atoms with van der Waals surface area (Å²) in [6.07, 6.45) is 11.9. The minimum Gasteiger partial charge on any atom is -0.469 e. The van der Waals surface area contributed by atoms with Crippen LogP contribution in [0.5, 0.6) is 0 Å². The van der Waals surface area contributed by atoms with Crippen LogP contribution in [0, 0.1) is 6.92 Å². The number of carbonyl (C=O) groups is 3. The molecule has 8 heteroatoms. The van der Waals surface area contributed by atoms with Crippen LogP contribution in [0.15, 0.2) is 51.7 Å². The van der Waals surface area contributed by atoms with Crippen LogP contribution in [0.3, 0.4) is 0 Å². The first kappa shape index (κ1) is 28.1. The van der Waals surface area contributed by atoms with Crippen LogP contribution in [0.1, 0.15) is 74.0 Å². The van der Waals surface area contributed by atoms with Gasteiger partial charge in [-0.15, -0.1) is 0 Å². The first-order chi connectivity index (χ1) is 19.7. The van der Waals surface area contributed by atoms with E-state index in [-0.39, 0.29) is 24.2 Å². The molecule has 3 aliphatic heterocycles. The maximum absolute atomic E-state index is 13.0. The molecular weight excluding hydrogens is 516 g/mol. The number of aliphatic imine (C=N–C) groups is 1. The summed E-state index contributed by atoms with van der Waals surface area (Å²) in [6.45, 7) is 10.1. The average molecular weight is 553 g/mol. The number of aromatic amines is 2. The van der Waals surface area contributed by atoms with Gasteiger partial charge in [0.15, 0.2) is 0 Å². The Morgan fingerprint density at radius 1 is 1.07 bits per heavy atom. The van der Waals surface area contributed by atoms with E-state index in [9.17, 15) is 14.4 Å². The van der Waals surface area contributed by atoms with Gasteiger partial charge in [-0.2, -0.15) is 0 Å². The van der Waals surface area contributed by atoms with Crippen molar-refractivity contribution in [2.45, 2.75) is 65.7 Å². The molecule has 0 aliphatic carbocycles. The molecule has 212 valence electrons. The Kier molecular flexibility index (Phi) is 7.92. The Morgan fingerprint density at radius 2 is 1.85 bits per heavy atom. The van der Waals surface area contributed by atoms with E-state index in [1.807, 2.05) is 26.0 Å². The van der Waals surface area contributed by atoms with Gasteiger partial charge >= 0.3 is 5.97 Å². The summed E-state index contributed by atoms with van der Waals surface area (Å²) in [4.78, 5) is 49.3. The number of rotatable bonds is 6. The normalized spacial score (nSPS) is 17.7. The lowest BCUT2D eigenvalue weighted by Crippen LogP contribution is -2.16. The number of hydrogen-bond donors (Lipinski definition) is 3. The molecule has 3 aliphatic rings. The molecule has 3 N–H and O–H groups in total. The zero-order valence-electron chi connectivity index (χ0n) is 24.1. The number of ether oxygens (including phenoxy) is 1. The number of amides is 2. The molecular formula is C33H36N4O4.